The lowest BCUT2D eigenvalue weighted by Crippen LogP contribution is -2.45. The second-order valence-electron chi connectivity index (χ2n) is 8.36. The molecule has 39 heavy (non-hydrogen) atoms. The number of primary amides is 1. The maximum Gasteiger partial charge on any atom is 0.273 e. The minimum absolute atomic E-state index is 0.0350. The lowest BCUT2D eigenvalue weighted by atomic mass is 10.00. The summed E-state index contributed by atoms with van der Waals surface area (Å²) >= 11 is 0.734. The van der Waals surface area contributed by atoms with Gasteiger partial charge in [-0.1, -0.05) is 24.3 Å². The minimum Gasteiger partial charge on any atom is -0.492 e. The van der Waals surface area contributed by atoms with E-state index in [0.29, 0.717) is 23.6 Å². The number of ether oxygens (including phenoxy) is 2. The van der Waals surface area contributed by atoms with Crippen LogP contribution in [-0.4, -0.2) is 53.9 Å². The first-order valence-corrected chi connectivity index (χ1v) is 12.9. The van der Waals surface area contributed by atoms with E-state index >= 15 is 0 Å². The molecule has 2 aromatic heterocycles. The Kier molecular flexibility index (Phi) is 8.69. The molecule has 4 aromatic rings. The number of aromatic nitrogens is 2. The van der Waals surface area contributed by atoms with Crippen molar-refractivity contribution in [1.29, 1.82) is 0 Å². The number of para-hydroxylation sites is 2. The molecule has 0 bridgehead atoms. The van der Waals surface area contributed by atoms with Crippen LogP contribution >= 0.6 is 11.5 Å². The van der Waals surface area contributed by atoms with Crippen LogP contribution in [0.15, 0.2) is 60.8 Å². The fraction of sp³-hybridized carbons (Fsp3) is 0.222. The van der Waals surface area contributed by atoms with Crippen molar-refractivity contribution >= 4 is 51.5 Å². The molecule has 3 amide bonds. The van der Waals surface area contributed by atoms with Gasteiger partial charge in [0.05, 0.1) is 30.1 Å². The number of carbonyl (C=O) groups excluding carboxylic acids is 3. The van der Waals surface area contributed by atoms with Crippen molar-refractivity contribution in [2.24, 2.45) is 5.73 Å². The lowest BCUT2D eigenvalue weighted by molar-refractivity contribution is -0.122. The summed E-state index contributed by atoms with van der Waals surface area (Å²) in [7, 11) is 1.52. The van der Waals surface area contributed by atoms with Gasteiger partial charge in [-0.3, -0.25) is 24.3 Å². The number of methoxy groups -OCH3 is 1. The van der Waals surface area contributed by atoms with Gasteiger partial charge in [0.2, 0.25) is 5.91 Å². The Hall–Kier alpha value is -4.55. The zero-order valence-corrected chi connectivity index (χ0v) is 22.2. The first-order chi connectivity index (χ1) is 18.9. The van der Waals surface area contributed by atoms with E-state index in [1.807, 2.05) is 13.0 Å². The number of hydrogen-bond acceptors (Lipinski definition) is 9. The topological polar surface area (TPSA) is 163 Å². The number of carbonyl (C=O) groups is 3. The summed E-state index contributed by atoms with van der Waals surface area (Å²) in [5.41, 5.74) is 12.8. The first kappa shape index (κ1) is 27.5. The highest BCUT2D eigenvalue weighted by atomic mass is 32.1. The maximum atomic E-state index is 14.3. The molecule has 0 saturated carbocycles. The van der Waals surface area contributed by atoms with E-state index in [4.69, 9.17) is 20.9 Å². The Morgan fingerprint density at radius 1 is 1.13 bits per heavy atom. The van der Waals surface area contributed by atoms with E-state index in [0.717, 1.165) is 22.4 Å². The number of nitrogens with one attached hydrogen (secondary N) is 1. The van der Waals surface area contributed by atoms with Crippen molar-refractivity contribution in [2.75, 3.05) is 37.5 Å². The van der Waals surface area contributed by atoms with Gasteiger partial charge in [-0.05, 0) is 54.4 Å². The van der Waals surface area contributed by atoms with E-state index in [2.05, 4.69) is 14.7 Å². The van der Waals surface area contributed by atoms with E-state index < -0.39 is 23.8 Å². The van der Waals surface area contributed by atoms with Crippen molar-refractivity contribution in [3.05, 3.63) is 76.9 Å². The second-order valence-corrected chi connectivity index (χ2v) is 9.13. The average Bonchev–Trinajstić information content (AvgIpc) is 3.33. The molecule has 0 spiro atoms. The number of nitrogens with two attached hydrogens (primary N) is 2. The molecule has 4 rings (SSSR count). The maximum absolute atomic E-state index is 14.3. The van der Waals surface area contributed by atoms with Gasteiger partial charge in [0.25, 0.3) is 11.8 Å². The zero-order valence-electron chi connectivity index (χ0n) is 21.4. The van der Waals surface area contributed by atoms with Crippen LogP contribution in [-0.2, 0) is 9.53 Å². The van der Waals surface area contributed by atoms with E-state index in [1.165, 1.54) is 12.0 Å². The van der Waals surface area contributed by atoms with E-state index in [-0.39, 0.29) is 29.4 Å². The summed E-state index contributed by atoms with van der Waals surface area (Å²) in [4.78, 5) is 45.6. The van der Waals surface area contributed by atoms with Crippen LogP contribution in [0.4, 0.5) is 11.4 Å². The Morgan fingerprint density at radius 2 is 1.92 bits per heavy atom. The van der Waals surface area contributed by atoms with Crippen molar-refractivity contribution in [3.63, 3.8) is 0 Å². The van der Waals surface area contributed by atoms with Gasteiger partial charge in [-0.15, -0.1) is 0 Å². The number of pyridine rings is 1. The summed E-state index contributed by atoms with van der Waals surface area (Å²) in [5, 5.41) is 3.63. The summed E-state index contributed by atoms with van der Waals surface area (Å²) in [6.07, 6.45) is 1.67. The van der Waals surface area contributed by atoms with Crippen molar-refractivity contribution in [3.8, 4) is 5.75 Å². The highest BCUT2D eigenvalue weighted by Gasteiger charge is 2.37. The number of fused-ring (bicyclic) bond motifs is 1. The number of hydrogen-bond donors (Lipinski definition) is 3. The summed E-state index contributed by atoms with van der Waals surface area (Å²) < 4.78 is 14.9. The molecular weight excluding hydrogens is 520 g/mol. The molecule has 0 radical (unpaired) electrons. The van der Waals surface area contributed by atoms with E-state index in [1.54, 1.807) is 54.7 Å². The van der Waals surface area contributed by atoms with Crippen molar-refractivity contribution < 1.29 is 23.9 Å². The Morgan fingerprint density at radius 3 is 2.64 bits per heavy atom. The van der Waals surface area contributed by atoms with Gasteiger partial charge >= 0.3 is 0 Å². The molecule has 1 atom stereocenters. The van der Waals surface area contributed by atoms with E-state index in [9.17, 15) is 14.4 Å². The molecule has 2 aromatic carbocycles. The van der Waals surface area contributed by atoms with Gasteiger partial charge in [0.15, 0.2) is 5.69 Å². The number of benzene rings is 2. The molecule has 0 saturated heterocycles. The third-order valence-electron chi connectivity index (χ3n) is 5.85. The Labute approximate surface area is 228 Å². The zero-order chi connectivity index (χ0) is 27.9. The molecule has 5 N–H and O–H groups in total. The summed E-state index contributed by atoms with van der Waals surface area (Å²) in [6.45, 7) is 2.62. The van der Waals surface area contributed by atoms with Crippen LogP contribution in [0, 0.1) is 0 Å². The monoisotopic (exact) mass is 548 g/mol. The van der Waals surface area contributed by atoms with Crippen LogP contribution in [0.2, 0.25) is 0 Å². The van der Waals surface area contributed by atoms with Crippen LogP contribution in [0.1, 0.15) is 38.7 Å². The standard InChI is InChI=1S/C27H28N6O5S/c1-3-38-20-9-5-4-8-19(20)33(27(36)24-21(28)22(25(29)34)32-39-24)23(26(35)31-13-14-37-2)17-10-11-18-16(15-17)7-6-12-30-18/h4-12,15,23H,3,13-14,28H2,1-2H3,(H2,29,34)(H,31,35)/t23-/m1/s1. The Bertz CT molecular complexity index is 1510. The third-order valence-corrected chi connectivity index (χ3v) is 6.70. The highest BCUT2D eigenvalue weighted by molar-refractivity contribution is 7.09. The largest absolute Gasteiger partial charge is 0.492 e. The molecule has 0 aliphatic carbocycles. The second kappa shape index (κ2) is 12.3. The number of rotatable bonds is 11. The number of nitrogen functional groups attached to an aromatic ring is 1. The summed E-state index contributed by atoms with van der Waals surface area (Å²) in [6, 6.07) is 14.7. The van der Waals surface area contributed by atoms with Crippen LogP contribution in [0.5, 0.6) is 5.75 Å². The average molecular weight is 549 g/mol. The van der Waals surface area contributed by atoms with Crippen LogP contribution in [0.3, 0.4) is 0 Å². The number of nitrogens with zero attached hydrogens (tertiary/aromatic N) is 3. The smallest absolute Gasteiger partial charge is 0.273 e. The first-order valence-electron chi connectivity index (χ1n) is 12.1. The predicted octanol–water partition coefficient (Wildman–Crippen LogP) is 2.92. The normalized spacial score (nSPS) is 11.6. The molecule has 0 unspecified atom stereocenters. The van der Waals surface area contributed by atoms with Crippen molar-refractivity contribution in [2.45, 2.75) is 13.0 Å². The predicted molar refractivity (Wildman–Crippen MR) is 149 cm³/mol. The highest BCUT2D eigenvalue weighted by Crippen LogP contribution is 2.38. The van der Waals surface area contributed by atoms with Gasteiger partial charge < -0.3 is 26.3 Å². The van der Waals surface area contributed by atoms with Gasteiger partial charge in [-0.25, -0.2) is 0 Å². The van der Waals surface area contributed by atoms with Gasteiger partial charge in [0.1, 0.15) is 16.7 Å². The quantitative estimate of drug-likeness (QED) is 0.241. The molecule has 2 heterocycles. The van der Waals surface area contributed by atoms with Crippen LogP contribution in [0.25, 0.3) is 10.9 Å². The lowest BCUT2D eigenvalue weighted by Gasteiger charge is -2.32. The Balaban J connectivity index is 1.94. The van der Waals surface area contributed by atoms with Crippen molar-refractivity contribution in [1.82, 2.24) is 14.7 Å². The molecular formula is C27H28N6O5S. The SMILES string of the molecule is CCOc1ccccc1N(C(=O)c1snc(C(N)=O)c1N)[C@@H](C(=O)NCCOC)c1ccc2ncccc2c1. The fourth-order valence-corrected chi connectivity index (χ4v) is 4.84. The van der Waals surface area contributed by atoms with Crippen LogP contribution < -0.4 is 26.4 Å². The fourth-order valence-electron chi connectivity index (χ4n) is 4.09. The molecule has 12 heteroatoms. The molecule has 0 aliphatic heterocycles. The molecule has 202 valence electrons. The minimum atomic E-state index is -1.17. The third kappa shape index (κ3) is 5.81. The molecule has 11 nitrogen and oxygen atoms in total. The molecule has 0 fully saturated rings. The molecule has 0 aliphatic rings. The number of anilines is 2. The number of amides is 3. The summed E-state index contributed by atoms with van der Waals surface area (Å²) in [5.74, 6) is -1.60. The van der Waals surface area contributed by atoms with Gasteiger partial charge in [-0.2, -0.15) is 4.37 Å². The van der Waals surface area contributed by atoms with Gasteiger partial charge in [0, 0.05) is 25.2 Å².